The first-order valence-corrected chi connectivity index (χ1v) is 21.9. The van der Waals surface area contributed by atoms with E-state index in [0.29, 0.717) is 64.2 Å². The third kappa shape index (κ3) is 9.42. The van der Waals surface area contributed by atoms with Crippen molar-refractivity contribution in [1.29, 1.82) is 0 Å². The number of benzene rings is 2. The molecule has 0 bridgehead atoms. The van der Waals surface area contributed by atoms with Crippen LogP contribution in [0.1, 0.15) is 88.9 Å². The monoisotopic (exact) mass is 904 g/mol. The molecule has 21 heteroatoms. The Hall–Kier alpha value is -6.35. The van der Waals surface area contributed by atoms with E-state index in [1.807, 2.05) is 0 Å². The highest BCUT2D eigenvalue weighted by atomic mass is 19.3. The van der Waals surface area contributed by atoms with Crippen molar-refractivity contribution in [3.8, 4) is 5.75 Å². The molecule has 6 amide bonds. The van der Waals surface area contributed by atoms with Gasteiger partial charge in [-0.3, -0.25) is 39.0 Å². The van der Waals surface area contributed by atoms with Gasteiger partial charge in [0.1, 0.15) is 23.3 Å². The highest BCUT2D eigenvalue weighted by Crippen LogP contribution is 2.40. The molecule has 5 heterocycles. The van der Waals surface area contributed by atoms with Crippen LogP contribution in [-0.4, -0.2) is 139 Å². The Morgan fingerprint density at radius 1 is 0.985 bits per heavy atom. The van der Waals surface area contributed by atoms with Gasteiger partial charge in [0.25, 0.3) is 23.6 Å². The smallest absolute Gasteiger partial charge is 0.342 e. The number of methoxy groups -OCH3 is 1. The van der Waals surface area contributed by atoms with Gasteiger partial charge in [-0.25, -0.2) is 9.37 Å². The molecule has 5 aliphatic rings. The summed E-state index contributed by atoms with van der Waals surface area (Å²) in [6.07, 6.45) is 6.54. The van der Waals surface area contributed by atoms with Gasteiger partial charge in [-0.1, -0.05) is 18.9 Å². The Kier molecular flexibility index (Phi) is 13.2. The molecule has 65 heavy (non-hydrogen) atoms. The van der Waals surface area contributed by atoms with E-state index < -0.39 is 59.8 Å². The van der Waals surface area contributed by atoms with Crippen LogP contribution >= 0.6 is 0 Å². The maximum atomic E-state index is 15.6. The Bertz CT molecular complexity index is 2370. The van der Waals surface area contributed by atoms with Crippen molar-refractivity contribution >= 4 is 64.3 Å². The van der Waals surface area contributed by atoms with E-state index >= 15 is 13.2 Å². The van der Waals surface area contributed by atoms with Gasteiger partial charge in [0.15, 0.2) is 5.82 Å². The Morgan fingerprint density at radius 2 is 1.75 bits per heavy atom. The average Bonchev–Trinajstić information content (AvgIpc) is 3.90. The fraction of sp³-hybridized carbons (Fsp3) is 0.500. The lowest BCUT2D eigenvalue weighted by Crippen LogP contribution is -2.54. The largest absolute Gasteiger partial charge is 0.495 e. The van der Waals surface area contributed by atoms with Gasteiger partial charge in [0.2, 0.25) is 17.8 Å². The standard InChI is InChI=1S/C44H51F3N10O8/c1-54-33-23-49-43(53-37(33)56(26-7-3-4-8-26)24-44(46,47)42(54)63)51-31-22-29(45)28(21-34(31)64-2)38(59)50-25-13-17-55(18-14-25)16-6-19-65-20-15-48-30-10-5-9-27-36(30)41(62)57(40(27)61)32-11-12-35(58)52-39(32)60/h5,9-10,21-23,25-26,32,48H,3-4,6-8,11-20,24H2,1-2H3,(H,50,59)(H,49,51,53)(H,52,58,60). The molecule has 4 N–H and O–H groups in total. The first-order chi connectivity index (χ1) is 31.2. The van der Waals surface area contributed by atoms with E-state index in [4.69, 9.17) is 9.47 Å². The second kappa shape index (κ2) is 19.0. The molecule has 2 aromatic carbocycles. The number of piperidine rings is 2. The number of nitrogens with one attached hydrogen (secondary N) is 4. The van der Waals surface area contributed by atoms with E-state index in [9.17, 15) is 28.8 Å². The highest BCUT2D eigenvalue weighted by molar-refractivity contribution is 6.25. The summed E-state index contributed by atoms with van der Waals surface area (Å²) < 4.78 is 57.0. The number of likely N-dealkylation sites (tertiary alicyclic amines) is 1. The predicted octanol–water partition coefficient (Wildman–Crippen LogP) is 3.84. The molecular formula is C44H51F3N10O8. The number of ether oxygens (including phenoxy) is 2. The van der Waals surface area contributed by atoms with E-state index in [-0.39, 0.29) is 70.5 Å². The molecule has 4 aliphatic heterocycles. The van der Waals surface area contributed by atoms with Crippen molar-refractivity contribution in [2.75, 3.05) is 80.5 Å². The summed E-state index contributed by atoms with van der Waals surface area (Å²) in [6, 6.07) is 5.79. The summed E-state index contributed by atoms with van der Waals surface area (Å²) in [5, 5.41) is 11.2. The Labute approximate surface area is 372 Å². The van der Waals surface area contributed by atoms with Gasteiger partial charge >= 0.3 is 5.92 Å². The molecule has 1 aromatic heterocycles. The summed E-state index contributed by atoms with van der Waals surface area (Å²) in [4.78, 5) is 90.7. The topological polar surface area (TPSA) is 208 Å². The average molecular weight is 905 g/mol. The molecule has 18 nitrogen and oxygen atoms in total. The van der Waals surface area contributed by atoms with Gasteiger partial charge < -0.3 is 40.1 Å². The quantitative estimate of drug-likeness (QED) is 0.126. The maximum Gasteiger partial charge on any atom is 0.342 e. The summed E-state index contributed by atoms with van der Waals surface area (Å²) in [6.45, 7) is 2.54. The molecule has 8 rings (SSSR count). The number of carbonyl (C=O) groups excluding carboxylic acids is 6. The van der Waals surface area contributed by atoms with Gasteiger partial charge in [-0.05, 0) is 56.7 Å². The second-order valence-electron chi connectivity index (χ2n) is 16.9. The first kappa shape index (κ1) is 45.2. The SMILES string of the molecule is COc1cc(C(=O)NC2CCN(CCCOCCNc3cccc4c3C(=O)N(C3CCC(=O)NC3=O)C4=O)CC2)c(F)cc1Nc1ncc2c(n1)N(C1CCCC1)CC(F)(F)C(=O)N2C. The van der Waals surface area contributed by atoms with E-state index in [1.165, 1.54) is 37.4 Å². The van der Waals surface area contributed by atoms with Crippen molar-refractivity contribution in [2.45, 2.75) is 81.8 Å². The molecule has 3 fully saturated rings. The van der Waals surface area contributed by atoms with Crippen molar-refractivity contribution < 1.29 is 51.4 Å². The number of hydrogen-bond acceptors (Lipinski definition) is 14. The zero-order chi connectivity index (χ0) is 46.0. The third-order valence-electron chi connectivity index (χ3n) is 12.6. The number of anilines is 5. The van der Waals surface area contributed by atoms with Crippen LogP contribution in [0, 0.1) is 5.82 Å². The number of alkyl halides is 2. The summed E-state index contributed by atoms with van der Waals surface area (Å²) >= 11 is 0. The molecule has 346 valence electrons. The lowest BCUT2D eigenvalue weighted by atomic mass is 10.0. The second-order valence-corrected chi connectivity index (χ2v) is 16.9. The van der Waals surface area contributed by atoms with E-state index in [1.54, 1.807) is 12.1 Å². The van der Waals surface area contributed by atoms with Gasteiger partial charge in [-0.15, -0.1) is 0 Å². The number of nitrogens with zero attached hydrogens (tertiary/aromatic N) is 6. The maximum absolute atomic E-state index is 15.6. The van der Waals surface area contributed by atoms with Crippen LogP contribution in [-0.2, 0) is 19.1 Å². The van der Waals surface area contributed by atoms with Crippen molar-refractivity contribution in [3.63, 3.8) is 0 Å². The van der Waals surface area contributed by atoms with E-state index in [0.717, 1.165) is 41.7 Å². The highest BCUT2D eigenvalue weighted by Gasteiger charge is 2.49. The summed E-state index contributed by atoms with van der Waals surface area (Å²) in [5.74, 6) is -8.41. The molecule has 3 aromatic rings. The molecular weight excluding hydrogens is 854 g/mol. The number of imide groups is 2. The van der Waals surface area contributed by atoms with Crippen LogP contribution in [0.25, 0.3) is 0 Å². The number of rotatable bonds is 15. The number of hydrogen-bond donors (Lipinski definition) is 4. The molecule has 1 unspecified atom stereocenters. The number of aromatic nitrogens is 2. The van der Waals surface area contributed by atoms with Gasteiger partial charge in [0, 0.05) is 70.1 Å². The van der Waals surface area contributed by atoms with Crippen LogP contribution in [0.15, 0.2) is 36.5 Å². The minimum absolute atomic E-state index is 0.0323. The fourth-order valence-electron chi connectivity index (χ4n) is 9.19. The zero-order valence-electron chi connectivity index (χ0n) is 36.1. The molecule has 0 spiro atoms. The van der Waals surface area contributed by atoms with Crippen LogP contribution in [0.2, 0.25) is 0 Å². The predicted molar refractivity (Wildman–Crippen MR) is 230 cm³/mol. The summed E-state index contributed by atoms with van der Waals surface area (Å²) in [5.41, 5.74) is 0.863. The molecule has 0 radical (unpaired) electrons. The number of amides is 6. The lowest BCUT2D eigenvalue weighted by molar-refractivity contribution is -0.140. The number of fused-ring (bicyclic) bond motifs is 2. The van der Waals surface area contributed by atoms with Crippen LogP contribution in [0.3, 0.4) is 0 Å². The van der Waals surface area contributed by atoms with Crippen molar-refractivity contribution in [1.82, 2.24) is 30.4 Å². The first-order valence-electron chi connectivity index (χ1n) is 21.9. The minimum Gasteiger partial charge on any atom is -0.495 e. The molecule has 1 atom stereocenters. The van der Waals surface area contributed by atoms with Crippen LogP contribution in [0.4, 0.5) is 42.0 Å². The van der Waals surface area contributed by atoms with Gasteiger partial charge in [-0.2, -0.15) is 13.8 Å². The van der Waals surface area contributed by atoms with Crippen LogP contribution in [0.5, 0.6) is 5.75 Å². The number of carbonyl (C=O) groups is 6. The lowest BCUT2D eigenvalue weighted by Gasteiger charge is -2.32. The van der Waals surface area contributed by atoms with Crippen LogP contribution < -0.4 is 35.8 Å². The molecule has 2 saturated heterocycles. The normalized spacial score (nSPS) is 20.4. The minimum atomic E-state index is -3.64. The Morgan fingerprint density at radius 3 is 2.49 bits per heavy atom. The third-order valence-corrected chi connectivity index (χ3v) is 12.6. The molecule has 1 aliphatic carbocycles. The van der Waals surface area contributed by atoms with E-state index in [2.05, 4.69) is 36.1 Å². The Balaban J connectivity index is 0.782. The fourth-order valence-corrected chi connectivity index (χ4v) is 9.19. The van der Waals surface area contributed by atoms with Crippen molar-refractivity contribution in [2.24, 2.45) is 0 Å². The zero-order valence-corrected chi connectivity index (χ0v) is 36.1. The summed E-state index contributed by atoms with van der Waals surface area (Å²) in [7, 11) is 2.62. The molecule has 1 saturated carbocycles. The van der Waals surface area contributed by atoms with Crippen molar-refractivity contribution in [3.05, 3.63) is 59.0 Å². The number of halogens is 3. The van der Waals surface area contributed by atoms with Gasteiger partial charge in [0.05, 0.1) is 48.8 Å².